The average Bonchev–Trinajstić information content (AvgIpc) is 2.92. The van der Waals surface area contributed by atoms with Crippen LogP contribution in [0.25, 0.3) is 22.0 Å². The summed E-state index contributed by atoms with van der Waals surface area (Å²) < 4.78 is 12.4. The Hall–Kier alpha value is -4.41. The number of para-hydroxylation sites is 1. The van der Waals surface area contributed by atoms with Gasteiger partial charge in [-0.05, 0) is 43.9 Å². The molecule has 1 amide bonds. The fraction of sp³-hybridized carbons (Fsp3) is 0.267. The molecule has 0 spiro atoms. The highest BCUT2D eigenvalue weighted by Gasteiger charge is 2.26. The third-order valence-electron chi connectivity index (χ3n) is 6.52. The van der Waals surface area contributed by atoms with Crippen LogP contribution in [0.5, 0.6) is 0 Å². The molecule has 1 aliphatic rings. The minimum Gasteiger partial charge on any atom is -0.365 e. The normalized spacial score (nSPS) is 14.0. The number of fused-ring (bicyclic) bond motifs is 1. The molecule has 1 saturated heterocycles. The van der Waals surface area contributed by atoms with Gasteiger partial charge in [0.1, 0.15) is 12.5 Å². The van der Waals surface area contributed by atoms with E-state index >= 15 is 0 Å². The Morgan fingerprint density at radius 1 is 1.07 bits per heavy atom. The maximum atomic E-state index is 12.4. The zero-order valence-corrected chi connectivity index (χ0v) is 22.6. The van der Waals surface area contributed by atoms with Crippen LogP contribution in [0.15, 0.2) is 79.1 Å². The molecule has 3 heterocycles. The summed E-state index contributed by atoms with van der Waals surface area (Å²) in [6.07, 6.45) is 6.90. The second-order valence-corrected chi connectivity index (χ2v) is 10.0. The van der Waals surface area contributed by atoms with E-state index in [-0.39, 0.29) is 18.6 Å². The molecule has 0 aliphatic carbocycles. The van der Waals surface area contributed by atoms with E-state index in [9.17, 15) is 9.18 Å². The van der Waals surface area contributed by atoms with Crippen molar-refractivity contribution in [3.05, 3.63) is 79.1 Å². The molecule has 9 nitrogen and oxygen atoms in total. The SMILES string of the molecule is CN(C)C/C=C/C(=O)Nc1cccc(-c2cccc3cnc(Nc4ccc(NC5CN(CCF)C5)nc4)nc23)c1. The second-order valence-electron chi connectivity index (χ2n) is 10.0. The van der Waals surface area contributed by atoms with Crippen LogP contribution in [0.1, 0.15) is 0 Å². The standard InChI is InChI=1S/C30H33FN8O/c1-38(2)14-5-10-28(40)35-23-8-3-6-21(16-23)26-9-4-7-22-17-33-30(37-29(22)26)36-24-11-12-27(32-18-24)34-25-19-39(20-25)15-13-31/h3-12,16-18,25H,13-15,19-20H2,1-2H3,(H,32,34)(H,35,40)(H,33,36,37)/b10-5+. The Kier molecular flexibility index (Phi) is 8.58. The first-order valence-corrected chi connectivity index (χ1v) is 13.2. The maximum Gasteiger partial charge on any atom is 0.248 e. The number of pyridine rings is 1. The fourth-order valence-corrected chi connectivity index (χ4v) is 4.52. The first kappa shape index (κ1) is 27.2. The molecule has 40 heavy (non-hydrogen) atoms. The van der Waals surface area contributed by atoms with Crippen molar-refractivity contribution in [3.63, 3.8) is 0 Å². The summed E-state index contributed by atoms with van der Waals surface area (Å²) in [6, 6.07) is 17.8. The number of rotatable bonds is 11. The van der Waals surface area contributed by atoms with E-state index in [4.69, 9.17) is 4.98 Å². The molecule has 10 heteroatoms. The van der Waals surface area contributed by atoms with Crippen LogP contribution < -0.4 is 16.0 Å². The molecule has 2 aromatic carbocycles. The third-order valence-corrected chi connectivity index (χ3v) is 6.52. The number of carbonyl (C=O) groups excluding carboxylic acids is 1. The third kappa shape index (κ3) is 6.96. The molecule has 0 bridgehead atoms. The van der Waals surface area contributed by atoms with Gasteiger partial charge in [-0.15, -0.1) is 0 Å². The van der Waals surface area contributed by atoms with Crippen molar-refractivity contribution in [2.24, 2.45) is 0 Å². The van der Waals surface area contributed by atoms with Crippen LogP contribution in [0.3, 0.4) is 0 Å². The van der Waals surface area contributed by atoms with Gasteiger partial charge in [-0.1, -0.05) is 36.4 Å². The molecule has 3 N–H and O–H groups in total. The van der Waals surface area contributed by atoms with Gasteiger partial charge in [-0.25, -0.2) is 19.3 Å². The molecule has 0 saturated carbocycles. The monoisotopic (exact) mass is 540 g/mol. The Morgan fingerprint density at radius 3 is 2.70 bits per heavy atom. The van der Waals surface area contributed by atoms with Crippen molar-refractivity contribution in [1.82, 2.24) is 24.8 Å². The van der Waals surface area contributed by atoms with Crippen molar-refractivity contribution < 1.29 is 9.18 Å². The van der Waals surface area contributed by atoms with Crippen molar-refractivity contribution in [3.8, 4) is 11.1 Å². The van der Waals surface area contributed by atoms with Gasteiger partial charge in [-0.2, -0.15) is 0 Å². The number of nitrogens with one attached hydrogen (secondary N) is 3. The number of amides is 1. The van der Waals surface area contributed by atoms with Gasteiger partial charge < -0.3 is 20.9 Å². The van der Waals surface area contributed by atoms with Crippen molar-refractivity contribution in [2.75, 3.05) is 62.9 Å². The smallest absolute Gasteiger partial charge is 0.248 e. The van der Waals surface area contributed by atoms with Gasteiger partial charge >= 0.3 is 0 Å². The highest BCUT2D eigenvalue weighted by atomic mass is 19.1. The van der Waals surface area contributed by atoms with Gasteiger partial charge in [0.05, 0.1) is 23.4 Å². The first-order chi connectivity index (χ1) is 19.5. The van der Waals surface area contributed by atoms with Crippen LogP contribution in [-0.2, 0) is 4.79 Å². The molecule has 0 radical (unpaired) electrons. The van der Waals surface area contributed by atoms with Crippen molar-refractivity contribution >= 4 is 40.0 Å². The molecule has 0 atom stereocenters. The largest absolute Gasteiger partial charge is 0.365 e. The lowest BCUT2D eigenvalue weighted by atomic mass is 10.0. The Bertz CT molecular complexity index is 1490. The molecular formula is C30H33FN8O. The predicted molar refractivity (Wildman–Crippen MR) is 159 cm³/mol. The Morgan fingerprint density at radius 2 is 1.93 bits per heavy atom. The van der Waals surface area contributed by atoms with Gasteiger partial charge in [0.25, 0.3) is 0 Å². The molecule has 1 fully saturated rings. The number of carbonyl (C=O) groups is 1. The topological polar surface area (TPSA) is 98.3 Å². The van der Waals surface area contributed by atoms with E-state index < -0.39 is 0 Å². The number of aromatic nitrogens is 3. The van der Waals surface area contributed by atoms with Crippen molar-refractivity contribution in [1.29, 1.82) is 0 Å². The van der Waals surface area contributed by atoms with E-state index in [0.717, 1.165) is 46.6 Å². The Labute approximate surface area is 233 Å². The number of hydrogen-bond acceptors (Lipinski definition) is 8. The lowest BCUT2D eigenvalue weighted by Crippen LogP contribution is -2.55. The van der Waals surface area contributed by atoms with E-state index in [2.05, 4.69) is 30.8 Å². The zero-order valence-electron chi connectivity index (χ0n) is 22.6. The number of halogens is 1. The summed E-state index contributed by atoms with van der Waals surface area (Å²) in [6.45, 7) is 2.50. The summed E-state index contributed by atoms with van der Waals surface area (Å²) in [4.78, 5) is 30.2. The predicted octanol–water partition coefficient (Wildman–Crippen LogP) is 4.56. The minimum absolute atomic E-state index is 0.174. The number of anilines is 4. The minimum atomic E-state index is -0.316. The number of likely N-dealkylation sites (N-methyl/N-ethyl adjacent to an activating group) is 1. The number of nitrogens with zero attached hydrogens (tertiary/aromatic N) is 5. The Balaban J connectivity index is 1.28. The lowest BCUT2D eigenvalue weighted by molar-refractivity contribution is -0.111. The van der Waals surface area contributed by atoms with Crippen LogP contribution in [0.2, 0.25) is 0 Å². The highest BCUT2D eigenvalue weighted by Crippen LogP contribution is 2.30. The van der Waals surface area contributed by atoms with E-state index in [1.807, 2.05) is 79.7 Å². The number of hydrogen-bond donors (Lipinski definition) is 3. The van der Waals surface area contributed by atoms with E-state index in [1.54, 1.807) is 18.5 Å². The summed E-state index contributed by atoms with van der Waals surface area (Å²) >= 11 is 0. The van der Waals surface area contributed by atoms with E-state index in [0.29, 0.717) is 24.7 Å². The summed E-state index contributed by atoms with van der Waals surface area (Å²) in [5, 5.41) is 10.5. The number of benzene rings is 2. The molecule has 1 aliphatic heterocycles. The van der Waals surface area contributed by atoms with Crippen LogP contribution >= 0.6 is 0 Å². The van der Waals surface area contributed by atoms with Crippen molar-refractivity contribution in [2.45, 2.75) is 6.04 Å². The molecule has 4 aromatic rings. The average molecular weight is 541 g/mol. The van der Waals surface area contributed by atoms with E-state index in [1.165, 1.54) is 0 Å². The zero-order chi connectivity index (χ0) is 27.9. The van der Waals surface area contributed by atoms with Gasteiger partial charge in [0.2, 0.25) is 11.9 Å². The molecule has 5 rings (SSSR count). The summed E-state index contributed by atoms with van der Waals surface area (Å²) in [5.74, 6) is 1.06. The second kappa shape index (κ2) is 12.6. The summed E-state index contributed by atoms with van der Waals surface area (Å²) in [5.41, 5.74) is 4.13. The van der Waals surface area contributed by atoms with Gasteiger partial charge in [0, 0.05) is 55.1 Å². The fourth-order valence-electron chi connectivity index (χ4n) is 4.52. The molecular weight excluding hydrogens is 507 g/mol. The van der Waals surface area contributed by atoms with Crippen LogP contribution in [0.4, 0.5) is 27.5 Å². The lowest BCUT2D eigenvalue weighted by Gasteiger charge is -2.39. The van der Waals surface area contributed by atoms with Crippen LogP contribution in [-0.4, -0.2) is 83.6 Å². The quantitative estimate of drug-likeness (QED) is 0.238. The number of alkyl halides is 1. The number of likely N-dealkylation sites (tertiary alicyclic amines) is 1. The van der Waals surface area contributed by atoms with Gasteiger partial charge in [-0.3, -0.25) is 9.69 Å². The van der Waals surface area contributed by atoms with Gasteiger partial charge in [0.15, 0.2) is 0 Å². The summed E-state index contributed by atoms with van der Waals surface area (Å²) in [7, 11) is 3.90. The van der Waals surface area contributed by atoms with Crippen LogP contribution in [0, 0.1) is 0 Å². The highest BCUT2D eigenvalue weighted by molar-refractivity contribution is 6.00. The molecule has 2 aromatic heterocycles. The molecule has 0 unspecified atom stereocenters. The maximum absolute atomic E-state index is 12.4. The molecule has 206 valence electrons. The first-order valence-electron chi connectivity index (χ1n) is 13.2.